The molecule has 1 aliphatic carbocycles. The molecule has 0 saturated heterocycles. The highest BCUT2D eigenvalue weighted by molar-refractivity contribution is 6.02. The molecule has 2 N–H and O–H groups in total. The van der Waals surface area contributed by atoms with Crippen LogP contribution < -0.4 is 15.5 Å². The number of amides is 2. The zero-order chi connectivity index (χ0) is 17.8. The average molecular weight is 337 g/mol. The van der Waals surface area contributed by atoms with Crippen molar-refractivity contribution in [2.45, 2.75) is 25.3 Å². The van der Waals surface area contributed by atoms with Crippen molar-refractivity contribution in [2.24, 2.45) is 0 Å². The molecule has 2 aromatic rings. The van der Waals surface area contributed by atoms with Gasteiger partial charge in [-0.3, -0.25) is 9.59 Å². The summed E-state index contributed by atoms with van der Waals surface area (Å²) in [7, 11) is 3.80. The molecule has 130 valence electrons. The van der Waals surface area contributed by atoms with Gasteiger partial charge in [-0.1, -0.05) is 30.3 Å². The van der Waals surface area contributed by atoms with Crippen LogP contribution in [0.5, 0.6) is 0 Å². The van der Waals surface area contributed by atoms with Crippen LogP contribution in [0.4, 0.5) is 11.4 Å². The van der Waals surface area contributed by atoms with E-state index in [-0.39, 0.29) is 11.8 Å². The number of anilines is 2. The summed E-state index contributed by atoms with van der Waals surface area (Å²) in [5.74, 6) is -0.192. The Morgan fingerprint density at radius 1 is 1.08 bits per heavy atom. The molecular formula is C20H23N3O2. The zero-order valence-electron chi connectivity index (χ0n) is 14.6. The molecule has 3 rings (SSSR count). The molecular weight excluding hydrogens is 314 g/mol. The highest BCUT2D eigenvalue weighted by Crippen LogP contribution is 2.25. The van der Waals surface area contributed by atoms with E-state index in [4.69, 9.17) is 0 Å². The van der Waals surface area contributed by atoms with Crippen LogP contribution >= 0.6 is 0 Å². The number of nitrogens with zero attached hydrogens (tertiary/aromatic N) is 1. The van der Waals surface area contributed by atoms with Crippen LogP contribution in [-0.2, 0) is 11.2 Å². The second kappa shape index (κ2) is 7.38. The molecule has 0 bridgehead atoms. The highest BCUT2D eigenvalue weighted by atomic mass is 16.2. The van der Waals surface area contributed by atoms with E-state index in [1.807, 2.05) is 61.5 Å². The summed E-state index contributed by atoms with van der Waals surface area (Å²) >= 11 is 0. The third kappa shape index (κ3) is 4.59. The quantitative estimate of drug-likeness (QED) is 0.852. The topological polar surface area (TPSA) is 61.4 Å². The maximum Gasteiger partial charge on any atom is 0.253 e. The highest BCUT2D eigenvalue weighted by Gasteiger charge is 2.25. The van der Waals surface area contributed by atoms with Gasteiger partial charge in [0.05, 0.1) is 12.0 Å². The van der Waals surface area contributed by atoms with E-state index >= 15 is 0 Å². The van der Waals surface area contributed by atoms with E-state index in [9.17, 15) is 9.59 Å². The Morgan fingerprint density at radius 2 is 1.80 bits per heavy atom. The summed E-state index contributed by atoms with van der Waals surface area (Å²) in [6.45, 7) is 0. The minimum absolute atomic E-state index is 0.0923. The number of carbonyl (C=O) groups is 2. The normalized spacial score (nSPS) is 13.2. The largest absolute Gasteiger partial charge is 0.377 e. The molecule has 2 aromatic carbocycles. The molecule has 0 atom stereocenters. The third-order valence-electron chi connectivity index (χ3n) is 4.13. The molecule has 5 nitrogen and oxygen atoms in total. The minimum atomic E-state index is -0.0997. The number of benzene rings is 2. The van der Waals surface area contributed by atoms with Gasteiger partial charge in [0, 0.05) is 31.5 Å². The van der Waals surface area contributed by atoms with Crippen LogP contribution in [0.25, 0.3) is 0 Å². The fourth-order valence-corrected chi connectivity index (χ4v) is 2.66. The van der Waals surface area contributed by atoms with Crippen molar-refractivity contribution in [3.05, 3.63) is 59.7 Å². The van der Waals surface area contributed by atoms with E-state index in [0.29, 0.717) is 23.7 Å². The van der Waals surface area contributed by atoms with Crippen molar-refractivity contribution in [1.29, 1.82) is 0 Å². The Kier molecular flexibility index (Phi) is 5.03. The van der Waals surface area contributed by atoms with E-state index < -0.39 is 0 Å². The summed E-state index contributed by atoms with van der Waals surface area (Å²) in [5, 5.41) is 5.89. The van der Waals surface area contributed by atoms with Crippen molar-refractivity contribution < 1.29 is 9.59 Å². The van der Waals surface area contributed by atoms with E-state index in [1.165, 1.54) is 0 Å². The van der Waals surface area contributed by atoms with Crippen molar-refractivity contribution in [3.8, 4) is 0 Å². The van der Waals surface area contributed by atoms with Crippen LogP contribution in [0.15, 0.2) is 48.5 Å². The molecule has 0 aromatic heterocycles. The number of rotatable bonds is 6. The number of carbonyl (C=O) groups excluding carboxylic acids is 2. The van der Waals surface area contributed by atoms with Crippen molar-refractivity contribution in [1.82, 2.24) is 5.32 Å². The standard InChI is InChI=1S/C20H23N3O2/c1-23(2)18-11-10-16(13-17(18)20(25)22-15-8-9-15)21-19(24)12-14-6-4-3-5-7-14/h3-7,10-11,13,15H,8-9,12H2,1-2H3,(H,21,24)(H,22,25). The van der Waals surface area contributed by atoms with Gasteiger partial charge in [-0.05, 0) is 36.6 Å². The predicted molar refractivity (Wildman–Crippen MR) is 100 cm³/mol. The van der Waals surface area contributed by atoms with E-state index in [0.717, 1.165) is 24.1 Å². The first-order valence-corrected chi connectivity index (χ1v) is 8.49. The maximum absolute atomic E-state index is 12.5. The minimum Gasteiger partial charge on any atom is -0.377 e. The molecule has 0 radical (unpaired) electrons. The molecule has 0 spiro atoms. The second-order valence-corrected chi connectivity index (χ2v) is 6.58. The lowest BCUT2D eigenvalue weighted by Crippen LogP contribution is -2.27. The van der Waals surface area contributed by atoms with Gasteiger partial charge in [-0.15, -0.1) is 0 Å². The van der Waals surface area contributed by atoms with Crippen LogP contribution in [0, 0.1) is 0 Å². The Labute approximate surface area is 148 Å². The van der Waals surface area contributed by atoms with Gasteiger partial charge in [0.15, 0.2) is 0 Å². The number of hydrogen-bond acceptors (Lipinski definition) is 3. The molecule has 0 aliphatic heterocycles. The fourth-order valence-electron chi connectivity index (χ4n) is 2.66. The summed E-state index contributed by atoms with van der Waals surface area (Å²) in [6, 6.07) is 15.3. The fraction of sp³-hybridized carbons (Fsp3) is 0.300. The van der Waals surface area contributed by atoms with Gasteiger partial charge in [0.25, 0.3) is 5.91 Å². The lowest BCUT2D eigenvalue weighted by molar-refractivity contribution is -0.115. The maximum atomic E-state index is 12.5. The monoisotopic (exact) mass is 337 g/mol. The van der Waals surface area contributed by atoms with Gasteiger partial charge < -0.3 is 15.5 Å². The predicted octanol–water partition coefficient (Wildman–Crippen LogP) is 2.83. The summed E-state index contributed by atoms with van der Waals surface area (Å²) in [6.07, 6.45) is 2.38. The lowest BCUT2D eigenvalue weighted by atomic mass is 10.1. The third-order valence-corrected chi connectivity index (χ3v) is 4.13. The van der Waals surface area contributed by atoms with Gasteiger partial charge >= 0.3 is 0 Å². The summed E-state index contributed by atoms with van der Waals surface area (Å²) in [4.78, 5) is 26.6. The first kappa shape index (κ1) is 17.0. The van der Waals surface area contributed by atoms with Crippen molar-refractivity contribution >= 4 is 23.2 Å². The van der Waals surface area contributed by atoms with E-state index in [2.05, 4.69) is 10.6 Å². The molecule has 0 unspecified atom stereocenters. The Hall–Kier alpha value is -2.82. The molecule has 25 heavy (non-hydrogen) atoms. The average Bonchev–Trinajstić information content (AvgIpc) is 3.39. The van der Waals surface area contributed by atoms with Crippen molar-refractivity contribution in [3.63, 3.8) is 0 Å². The molecule has 1 saturated carbocycles. The first-order valence-electron chi connectivity index (χ1n) is 8.49. The number of hydrogen-bond donors (Lipinski definition) is 2. The van der Waals surface area contributed by atoms with E-state index in [1.54, 1.807) is 6.07 Å². The Balaban J connectivity index is 1.74. The van der Waals surface area contributed by atoms with Crippen LogP contribution in [0.1, 0.15) is 28.8 Å². The Bertz CT molecular complexity index is 768. The molecule has 5 heteroatoms. The number of nitrogens with one attached hydrogen (secondary N) is 2. The summed E-state index contributed by atoms with van der Waals surface area (Å²) < 4.78 is 0. The zero-order valence-corrected chi connectivity index (χ0v) is 14.6. The van der Waals surface area contributed by atoms with Crippen molar-refractivity contribution in [2.75, 3.05) is 24.3 Å². The first-order chi connectivity index (χ1) is 12.0. The van der Waals surface area contributed by atoms with Crippen LogP contribution in [0.2, 0.25) is 0 Å². The molecule has 2 amide bonds. The van der Waals surface area contributed by atoms with Gasteiger partial charge in [-0.25, -0.2) is 0 Å². The van der Waals surface area contributed by atoms with Gasteiger partial charge in [-0.2, -0.15) is 0 Å². The molecule has 0 heterocycles. The summed E-state index contributed by atoms with van der Waals surface area (Å²) in [5.41, 5.74) is 3.00. The molecule has 1 fully saturated rings. The van der Waals surface area contributed by atoms with Gasteiger partial charge in [0.1, 0.15) is 0 Å². The van der Waals surface area contributed by atoms with Crippen LogP contribution in [-0.4, -0.2) is 32.0 Å². The smallest absolute Gasteiger partial charge is 0.253 e. The Morgan fingerprint density at radius 3 is 2.44 bits per heavy atom. The molecule has 1 aliphatic rings. The lowest BCUT2D eigenvalue weighted by Gasteiger charge is -2.18. The van der Waals surface area contributed by atoms with Crippen LogP contribution in [0.3, 0.4) is 0 Å². The second-order valence-electron chi connectivity index (χ2n) is 6.58. The van der Waals surface area contributed by atoms with Gasteiger partial charge in [0.2, 0.25) is 5.91 Å². The SMILES string of the molecule is CN(C)c1ccc(NC(=O)Cc2ccccc2)cc1C(=O)NC1CC1.